The van der Waals surface area contributed by atoms with Crippen LogP contribution in [0.3, 0.4) is 0 Å². The summed E-state index contributed by atoms with van der Waals surface area (Å²) in [6.45, 7) is 3.03. The molecule has 2 aromatic carbocycles. The molecule has 0 unspecified atom stereocenters. The first-order valence-electron chi connectivity index (χ1n) is 8.74. The van der Waals surface area contributed by atoms with Crippen molar-refractivity contribution in [2.45, 2.75) is 25.6 Å². The van der Waals surface area contributed by atoms with E-state index in [-0.39, 0.29) is 17.5 Å². The molecule has 1 saturated heterocycles. The van der Waals surface area contributed by atoms with Crippen molar-refractivity contribution in [1.82, 2.24) is 14.5 Å². The van der Waals surface area contributed by atoms with E-state index in [2.05, 4.69) is 9.55 Å². The van der Waals surface area contributed by atoms with Gasteiger partial charge in [0, 0.05) is 18.7 Å². The van der Waals surface area contributed by atoms with Crippen molar-refractivity contribution in [3.63, 3.8) is 0 Å². The highest BCUT2D eigenvalue weighted by atomic mass is 19.4. The van der Waals surface area contributed by atoms with Gasteiger partial charge in [-0.2, -0.15) is 13.2 Å². The third-order valence-electron chi connectivity index (χ3n) is 5.05. The fourth-order valence-electron chi connectivity index (χ4n) is 3.75. The van der Waals surface area contributed by atoms with Crippen LogP contribution in [0, 0.1) is 6.92 Å². The number of fused-ring (bicyclic) bond motifs is 1. The second kappa shape index (κ2) is 6.40. The Hall–Kier alpha value is -2.83. The van der Waals surface area contributed by atoms with Crippen molar-refractivity contribution in [3.05, 3.63) is 65.5 Å². The SMILES string of the molecule is Cc1nc2ccccc2n1[C@@H]1CCN(C(=O)c2ccc(C(F)(F)F)cc2)C1. The minimum atomic E-state index is -4.40. The maximum absolute atomic E-state index is 12.7. The van der Waals surface area contributed by atoms with Crippen molar-refractivity contribution < 1.29 is 18.0 Å². The quantitative estimate of drug-likeness (QED) is 0.666. The maximum Gasteiger partial charge on any atom is 0.416 e. The van der Waals surface area contributed by atoms with Gasteiger partial charge in [-0.15, -0.1) is 0 Å². The maximum atomic E-state index is 12.7. The van der Waals surface area contributed by atoms with Gasteiger partial charge in [0.05, 0.1) is 22.6 Å². The van der Waals surface area contributed by atoms with Gasteiger partial charge in [0.2, 0.25) is 0 Å². The molecule has 0 radical (unpaired) electrons. The molecule has 2 heterocycles. The topological polar surface area (TPSA) is 38.1 Å². The van der Waals surface area contributed by atoms with Crippen LogP contribution in [-0.4, -0.2) is 33.4 Å². The van der Waals surface area contributed by atoms with Gasteiger partial charge in [-0.1, -0.05) is 12.1 Å². The highest BCUT2D eigenvalue weighted by Gasteiger charge is 2.32. The molecule has 1 fully saturated rings. The summed E-state index contributed by atoms with van der Waals surface area (Å²) in [6.07, 6.45) is -3.62. The van der Waals surface area contributed by atoms with Gasteiger partial charge in [-0.3, -0.25) is 4.79 Å². The van der Waals surface area contributed by atoms with E-state index in [0.29, 0.717) is 13.1 Å². The molecular weight excluding hydrogens is 355 g/mol. The lowest BCUT2D eigenvalue weighted by Gasteiger charge is -2.19. The summed E-state index contributed by atoms with van der Waals surface area (Å²) < 4.78 is 40.2. The van der Waals surface area contributed by atoms with E-state index in [1.165, 1.54) is 12.1 Å². The first kappa shape index (κ1) is 17.6. The van der Waals surface area contributed by atoms with Crippen molar-refractivity contribution in [2.75, 3.05) is 13.1 Å². The number of halogens is 3. The minimum Gasteiger partial charge on any atom is -0.336 e. The Morgan fingerprint density at radius 1 is 1.11 bits per heavy atom. The van der Waals surface area contributed by atoms with Crippen LogP contribution < -0.4 is 0 Å². The van der Waals surface area contributed by atoms with Crippen LogP contribution in [0.15, 0.2) is 48.5 Å². The van der Waals surface area contributed by atoms with Gasteiger partial charge in [-0.05, 0) is 49.7 Å². The second-order valence-corrected chi connectivity index (χ2v) is 6.79. The molecule has 0 spiro atoms. The lowest BCUT2D eigenvalue weighted by molar-refractivity contribution is -0.137. The zero-order valence-corrected chi connectivity index (χ0v) is 14.7. The van der Waals surface area contributed by atoms with Gasteiger partial charge in [0.15, 0.2) is 0 Å². The molecule has 1 aliphatic heterocycles. The number of rotatable bonds is 2. The zero-order chi connectivity index (χ0) is 19.2. The van der Waals surface area contributed by atoms with E-state index >= 15 is 0 Å². The standard InChI is InChI=1S/C20H18F3N3O/c1-13-24-17-4-2-3-5-18(17)26(13)16-10-11-25(12-16)19(27)14-6-8-15(9-7-14)20(21,22)23/h2-9,16H,10-12H2,1H3/t16-/m1/s1. The number of likely N-dealkylation sites (tertiary alicyclic amines) is 1. The van der Waals surface area contributed by atoms with E-state index in [1.807, 2.05) is 31.2 Å². The summed E-state index contributed by atoms with van der Waals surface area (Å²) in [7, 11) is 0. The number of nitrogens with zero attached hydrogens (tertiary/aromatic N) is 3. The lowest BCUT2D eigenvalue weighted by atomic mass is 10.1. The fraction of sp³-hybridized carbons (Fsp3) is 0.300. The van der Waals surface area contributed by atoms with Crippen LogP contribution in [0.25, 0.3) is 11.0 Å². The zero-order valence-electron chi connectivity index (χ0n) is 14.7. The number of hydrogen-bond acceptors (Lipinski definition) is 2. The average Bonchev–Trinajstić information content (AvgIpc) is 3.23. The minimum absolute atomic E-state index is 0.107. The van der Waals surface area contributed by atoms with E-state index in [9.17, 15) is 18.0 Å². The van der Waals surface area contributed by atoms with Crippen molar-refractivity contribution in [3.8, 4) is 0 Å². The Morgan fingerprint density at radius 2 is 1.81 bits per heavy atom. The van der Waals surface area contributed by atoms with Crippen LogP contribution in [0.2, 0.25) is 0 Å². The number of imidazole rings is 1. The number of aromatic nitrogens is 2. The Bertz CT molecular complexity index is 992. The van der Waals surface area contributed by atoms with Crippen molar-refractivity contribution >= 4 is 16.9 Å². The van der Waals surface area contributed by atoms with Crippen molar-refractivity contribution in [1.29, 1.82) is 0 Å². The summed E-state index contributed by atoms with van der Waals surface area (Å²) in [4.78, 5) is 19.0. The van der Waals surface area contributed by atoms with Crippen LogP contribution >= 0.6 is 0 Å². The molecule has 1 aliphatic rings. The van der Waals surface area contributed by atoms with E-state index in [0.717, 1.165) is 35.4 Å². The molecule has 0 saturated carbocycles. The third-order valence-corrected chi connectivity index (χ3v) is 5.05. The molecule has 1 aromatic heterocycles. The highest BCUT2D eigenvalue weighted by Crippen LogP contribution is 2.31. The molecule has 0 aliphatic carbocycles. The number of alkyl halides is 3. The lowest BCUT2D eigenvalue weighted by Crippen LogP contribution is -2.29. The number of hydrogen-bond donors (Lipinski definition) is 0. The number of para-hydroxylation sites is 2. The largest absolute Gasteiger partial charge is 0.416 e. The average molecular weight is 373 g/mol. The van der Waals surface area contributed by atoms with E-state index < -0.39 is 11.7 Å². The number of carbonyl (C=O) groups excluding carboxylic acids is 1. The molecular formula is C20H18F3N3O. The summed E-state index contributed by atoms with van der Waals surface area (Å²) in [6, 6.07) is 12.4. The van der Waals surface area contributed by atoms with Crippen molar-refractivity contribution in [2.24, 2.45) is 0 Å². The molecule has 3 aromatic rings. The molecule has 0 N–H and O–H groups in total. The monoisotopic (exact) mass is 373 g/mol. The second-order valence-electron chi connectivity index (χ2n) is 6.79. The van der Waals surface area contributed by atoms with Gasteiger partial charge < -0.3 is 9.47 Å². The normalized spacial score (nSPS) is 17.6. The summed E-state index contributed by atoms with van der Waals surface area (Å²) in [5.74, 6) is 0.651. The number of carbonyl (C=O) groups is 1. The Kier molecular flexibility index (Phi) is 4.17. The van der Waals surface area contributed by atoms with Gasteiger partial charge in [0.1, 0.15) is 5.82 Å². The molecule has 0 bridgehead atoms. The first-order valence-corrected chi connectivity index (χ1v) is 8.74. The van der Waals surface area contributed by atoms with Crippen LogP contribution in [0.4, 0.5) is 13.2 Å². The van der Waals surface area contributed by atoms with Crippen LogP contribution in [0.5, 0.6) is 0 Å². The summed E-state index contributed by atoms with van der Waals surface area (Å²) in [5.41, 5.74) is 1.47. The molecule has 1 atom stereocenters. The fourth-order valence-corrected chi connectivity index (χ4v) is 3.75. The van der Waals surface area contributed by atoms with E-state index in [4.69, 9.17) is 0 Å². The summed E-state index contributed by atoms with van der Waals surface area (Å²) in [5, 5.41) is 0. The number of benzene rings is 2. The molecule has 4 rings (SSSR count). The number of amides is 1. The van der Waals surface area contributed by atoms with Gasteiger partial charge >= 0.3 is 6.18 Å². The summed E-state index contributed by atoms with van der Waals surface area (Å²) >= 11 is 0. The molecule has 7 heteroatoms. The third kappa shape index (κ3) is 3.18. The van der Waals surface area contributed by atoms with Crippen LogP contribution in [-0.2, 0) is 6.18 Å². The Morgan fingerprint density at radius 3 is 2.52 bits per heavy atom. The molecule has 140 valence electrons. The first-order chi connectivity index (χ1) is 12.8. The number of aryl methyl sites for hydroxylation is 1. The van der Waals surface area contributed by atoms with Crippen LogP contribution in [0.1, 0.15) is 34.2 Å². The molecule has 4 nitrogen and oxygen atoms in total. The molecule has 1 amide bonds. The van der Waals surface area contributed by atoms with E-state index in [1.54, 1.807) is 4.90 Å². The highest BCUT2D eigenvalue weighted by molar-refractivity contribution is 5.94. The van der Waals surface area contributed by atoms with Gasteiger partial charge in [-0.25, -0.2) is 4.98 Å². The smallest absolute Gasteiger partial charge is 0.336 e. The molecule has 27 heavy (non-hydrogen) atoms. The predicted octanol–water partition coefficient (Wildman–Crippen LogP) is 4.45. The predicted molar refractivity (Wildman–Crippen MR) is 95.5 cm³/mol. The van der Waals surface area contributed by atoms with Gasteiger partial charge in [0.25, 0.3) is 5.91 Å². The Labute approximate surface area is 154 Å². The Balaban J connectivity index is 1.54.